The molecule has 0 aromatic heterocycles. The Labute approximate surface area is 130 Å². The van der Waals surface area contributed by atoms with Gasteiger partial charge in [-0.15, -0.1) is 0 Å². The van der Waals surface area contributed by atoms with Gasteiger partial charge in [0.1, 0.15) is 5.75 Å². The average molecular weight is 341 g/mol. The van der Waals surface area contributed by atoms with Crippen molar-refractivity contribution in [3.63, 3.8) is 0 Å². The molecule has 1 aliphatic carbocycles. The van der Waals surface area contributed by atoms with E-state index in [-0.39, 0.29) is 5.41 Å². The fourth-order valence-corrected chi connectivity index (χ4v) is 4.39. The minimum atomic E-state index is -0.615. The van der Waals surface area contributed by atoms with E-state index in [2.05, 4.69) is 36.7 Å². The lowest BCUT2D eigenvalue weighted by atomic mass is 9.64. The Hall–Kier alpha value is -0.540. The summed E-state index contributed by atoms with van der Waals surface area (Å²) in [6.45, 7) is 6.76. The predicted octanol–water partition coefficient (Wildman–Crippen LogP) is 4.58. The number of halogens is 1. The van der Waals surface area contributed by atoms with Crippen LogP contribution in [0.15, 0.2) is 22.7 Å². The van der Waals surface area contributed by atoms with E-state index in [9.17, 15) is 5.11 Å². The highest BCUT2D eigenvalue weighted by atomic mass is 79.9. The van der Waals surface area contributed by atoms with Gasteiger partial charge < -0.3 is 9.84 Å². The fraction of sp³-hybridized carbons (Fsp3) is 0.647. The van der Waals surface area contributed by atoms with Gasteiger partial charge in [-0.25, -0.2) is 0 Å². The van der Waals surface area contributed by atoms with Crippen LogP contribution in [-0.4, -0.2) is 17.8 Å². The topological polar surface area (TPSA) is 29.5 Å². The molecule has 112 valence electrons. The molecule has 2 nitrogen and oxygen atoms in total. The summed E-state index contributed by atoms with van der Waals surface area (Å²) in [4.78, 5) is 0. The van der Waals surface area contributed by atoms with Gasteiger partial charge in [0, 0.05) is 10.9 Å². The van der Waals surface area contributed by atoms with Crippen LogP contribution in [0.4, 0.5) is 0 Å². The van der Waals surface area contributed by atoms with Crippen molar-refractivity contribution in [1.82, 2.24) is 0 Å². The molecule has 0 bridgehead atoms. The molecule has 0 amide bonds. The van der Waals surface area contributed by atoms with Crippen LogP contribution in [0, 0.1) is 11.3 Å². The molecule has 0 saturated heterocycles. The molecular weight excluding hydrogens is 316 g/mol. The van der Waals surface area contributed by atoms with Crippen LogP contribution in [0.25, 0.3) is 0 Å². The molecular formula is C17H25BrO2. The molecule has 1 fully saturated rings. The van der Waals surface area contributed by atoms with Gasteiger partial charge in [-0.05, 0) is 54.4 Å². The summed E-state index contributed by atoms with van der Waals surface area (Å²) < 4.78 is 6.34. The molecule has 1 aromatic rings. The number of benzene rings is 1. The number of aliphatic hydroxyl groups is 1. The summed E-state index contributed by atoms with van der Waals surface area (Å²) in [5.74, 6) is 1.41. The van der Waals surface area contributed by atoms with Crippen LogP contribution in [0.5, 0.6) is 5.75 Å². The van der Waals surface area contributed by atoms with Crippen molar-refractivity contribution in [2.45, 2.75) is 52.1 Å². The Morgan fingerprint density at radius 3 is 2.65 bits per heavy atom. The van der Waals surface area contributed by atoms with Gasteiger partial charge in [-0.2, -0.15) is 0 Å². The summed E-state index contributed by atoms with van der Waals surface area (Å²) in [5, 5.41) is 11.1. The number of hydrogen-bond acceptors (Lipinski definition) is 2. The molecule has 2 rings (SSSR count). The average Bonchev–Trinajstić information content (AvgIpc) is 2.28. The maximum atomic E-state index is 11.1. The summed E-state index contributed by atoms with van der Waals surface area (Å²) in [6.07, 6.45) is 3.60. The van der Waals surface area contributed by atoms with Crippen molar-refractivity contribution < 1.29 is 9.84 Å². The van der Waals surface area contributed by atoms with E-state index >= 15 is 0 Å². The van der Waals surface area contributed by atoms with Gasteiger partial charge in [0.05, 0.1) is 12.7 Å². The molecule has 2 atom stereocenters. The van der Waals surface area contributed by atoms with Crippen molar-refractivity contribution in [2.24, 2.45) is 11.3 Å². The van der Waals surface area contributed by atoms with Crippen LogP contribution < -0.4 is 4.74 Å². The van der Waals surface area contributed by atoms with Crippen molar-refractivity contribution >= 4 is 15.9 Å². The lowest BCUT2D eigenvalue weighted by molar-refractivity contribution is -0.0575. The zero-order valence-electron chi connectivity index (χ0n) is 12.9. The molecule has 1 N–H and O–H groups in total. The van der Waals surface area contributed by atoms with E-state index < -0.39 is 5.60 Å². The van der Waals surface area contributed by atoms with Gasteiger partial charge in [0.2, 0.25) is 0 Å². The first-order valence-corrected chi connectivity index (χ1v) is 8.07. The third kappa shape index (κ3) is 3.76. The second-order valence-electron chi connectivity index (χ2n) is 7.21. The first-order valence-electron chi connectivity index (χ1n) is 7.28. The molecule has 3 heteroatoms. The number of methoxy groups -OCH3 is 1. The Morgan fingerprint density at radius 1 is 1.35 bits per heavy atom. The summed E-state index contributed by atoms with van der Waals surface area (Å²) in [7, 11) is 1.67. The van der Waals surface area contributed by atoms with Gasteiger partial charge in [-0.1, -0.05) is 36.7 Å². The standard InChI is InChI=1S/C17H25BrO2/c1-12-8-16(2,3)11-17(19,9-12)10-13-7-14(20-4)5-6-15(13)18/h5-7,12,19H,8-11H2,1-4H3. The summed E-state index contributed by atoms with van der Waals surface area (Å²) in [5.41, 5.74) is 0.713. The third-order valence-electron chi connectivity index (χ3n) is 4.21. The maximum absolute atomic E-state index is 11.1. The predicted molar refractivity (Wildman–Crippen MR) is 86.1 cm³/mol. The second-order valence-corrected chi connectivity index (χ2v) is 8.07. The zero-order chi connectivity index (χ0) is 15.0. The number of ether oxygens (including phenoxy) is 1. The van der Waals surface area contributed by atoms with Crippen LogP contribution in [-0.2, 0) is 6.42 Å². The molecule has 1 aromatic carbocycles. The maximum Gasteiger partial charge on any atom is 0.119 e. The SMILES string of the molecule is COc1ccc(Br)c(CC2(O)CC(C)CC(C)(C)C2)c1. The van der Waals surface area contributed by atoms with Gasteiger partial charge in [0.15, 0.2) is 0 Å². The first kappa shape index (κ1) is 15.8. The summed E-state index contributed by atoms with van der Waals surface area (Å²) in [6, 6.07) is 5.95. The summed E-state index contributed by atoms with van der Waals surface area (Å²) >= 11 is 3.59. The Bertz CT molecular complexity index is 484. The first-order chi connectivity index (χ1) is 9.23. The number of hydrogen-bond donors (Lipinski definition) is 1. The van der Waals surface area contributed by atoms with E-state index in [1.165, 1.54) is 6.42 Å². The van der Waals surface area contributed by atoms with Gasteiger partial charge >= 0.3 is 0 Å². The highest BCUT2D eigenvalue weighted by Crippen LogP contribution is 2.45. The van der Waals surface area contributed by atoms with Crippen molar-refractivity contribution in [3.8, 4) is 5.75 Å². The lowest BCUT2D eigenvalue weighted by Crippen LogP contribution is -2.43. The number of rotatable bonds is 3. The van der Waals surface area contributed by atoms with E-state index in [0.29, 0.717) is 12.3 Å². The highest BCUT2D eigenvalue weighted by molar-refractivity contribution is 9.10. The van der Waals surface area contributed by atoms with Crippen molar-refractivity contribution in [2.75, 3.05) is 7.11 Å². The van der Waals surface area contributed by atoms with Crippen LogP contribution in [0.1, 0.15) is 45.6 Å². The van der Waals surface area contributed by atoms with E-state index in [1.54, 1.807) is 7.11 Å². The van der Waals surface area contributed by atoms with Crippen molar-refractivity contribution in [3.05, 3.63) is 28.2 Å². The van der Waals surface area contributed by atoms with Gasteiger partial charge in [-0.3, -0.25) is 0 Å². The van der Waals surface area contributed by atoms with E-state index in [4.69, 9.17) is 4.74 Å². The second kappa shape index (κ2) is 5.69. The van der Waals surface area contributed by atoms with Gasteiger partial charge in [0.25, 0.3) is 0 Å². The quantitative estimate of drug-likeness (QED) is 0.872. The Morgan fingerprint density at radius 2 is 2.05 bits per heavy atom. The van der Waals surface area contributed by atoms with Crippen molar-refractivity contribution in [1.29, 1.82) is 0 Å². The smallest absolute Gasteiger partial charge is 0.119 e. The van der Waals surface area contributed by atoms with Crippen LogP contribution in [0.2, 0.25) is 0 Å². The molecule has 0 spiro atoms. The zero-order valence-corrected chi connectivity index (χ0v) is 14.5. The third-order valence-corrected chi connectivity index (χ3v) is 4.98. The minimum Gasteiger partial charge on any atom is -0.497 e. The molecule has 20 heavy (non-hydrogen) atoms. The van der Waals surface area contributed by atoms with E-state index in [1.807, 2.05) is 18.2 Å². The molecule has 0 radical (unpaired) electrons. The molecule has 1 saturated carbocycles. The molecule has 2 unspecified atom stereocenters. The largest absolute Gasteiger partial charge is 0.497 e. The van der Waals surface area contributed by atoms with Crippen LogP contribution >= 0.6 is 15.9 Å². The monoisotopic (exact) mass is 340 g/mol. The molecule has 0 aliphatic heterocycles. The van der Waals surface area contributed by atoms with Crippen LogP contribution in [0.3, 0.4) is 0 Å². The molecule has 1 aliphatic rings. The molecule has 0 heterocycles. The van der Waals surface area contributed by atoms with E-state index in [0.717, 1.165) is 28.6 Å². The minimum absolute atomic E-state index is 0.206. The highest BCUT2D eigenvalue weighted by Gasteiger charge is 2.41. The Kier molecular flexibility index (Phi) is 4.50. The lowest BCUT2D eigenvalue weighted by Gasteiger charge is -2.45. The normalized spacial score (nSPS) is 29.2. The Balaban J connectivity index is 2.23. The fourth-order valence-electron chi connectivity index (χ4n) is 4.00.